The molecule has 0 spiro atoms. The lowest BCUT2D eigenvalue weighted by Crippen LogP contribution is -2.27. The Hall–Kier alpha value is -1.90. The van der Waals surface area contributed by atoms with Crippen LogP contribution in [0.25, 0.3) is 0 Å². The third-order valence-electron chi connectivity index (χ3n) is 3.65. The number of fused-ring (bicyclic) bond motifs is 1. The summed E-state index contributed by atoms with van der Waals surface area (Å²) in [5.74, 6) is 1.57. The highest BCUT2D eigenvalue weighted by Gasteiger charge is 2.22. The van der Waals surface area contributed by atoms with Crippen LogP contribution in [0.2, 0.25) is 0 Å². The van der Waals surface area contributed by atoms with E-state index in [4.69, 9.17) is 0 Å². The lowest BCUT2D eigenvalue weighted by Gasteiger charge is -2.31. The molecule has 19 heavy (non-hydrogen) atoms. The van der Waals surface area contributed by atoms with Crippen molar-refractivity contribution in [3.63, 3.8) is 0 Å². The van der Waals surface area contributed by atoms with Crippen LogP contribution in [0.15, 0.2) is 36.7 Å². The average molecular weight is 253 g/mol. The largest absolute Gasteiger partial charge is 0.325 e. The number of aryl methyl sites for hydroxylation is 1. The van der Waals surface area contributed by atoms with Crippen LogP contribution in [0.3, 0.4) is 0 Å². The molecule has 0 bridgehead atoms. The molecule has 0 unspecified atom stereocenters. The van der Waals surface area contributed by atoms with Gasteiger partial charge < -0.3 is 4.90 Å². The van der Waals surface area contributed by atoms with Crippen molar-refractivity contribution in [2.45, 2.75) is 32.6 Å². The van der Waals surface area contributed by atoms with Gasteiger partial charge in [-0.1, -0.05) is 19.9 Å². The molecule has 0 fully saturated rings. The first-order chi connectivity index (χ1) is 9.27. The first kappa shape index (κ1) is 12.2. The van der Waals surface area contributed by atoms with Crippen molar-refractivity contribution in [2.75, 3.05) is 11.4 Å². The maximum atomic E-state index is 4.62. The molecule has 3 nitrogen and oxygen atoms in total. The molecule has 0 saturated carbocycles. The predicted octanol–water partition coefficient (Wildman–Crippen LogP) is 3.68. The monoisotopic (exact) mass is 253 g/mol. The van der Waals surface area contributed by atoms with Crippen LogP contribution in [-0.2, 0) is 6.42 Å². The molecule has 0 radical (unpaired) electrons. The second-order valence-electron chi connectivity index (χ2n) is 5.30. The van der Waals surface area contributed by atoms with Crippen LogP contribution in [-0.4, -0.2) is 16.5 Å². The Morgan fingerprint density at radius 2 is 1.89 bits per heavy atom. The maximum Gasteiger partial charge on any atom is 0.136 e. The zero-order valence-corrected chi connectivity index (χ0v) is 11.5. The van der Waals surface area contributed by atoms with Gasteiger partial charge in [-0.2, -0.15) is 0 Å². The molecule has 98 valence electrons. The van der Waals surface area contributed by atoms with Gasteiger partial charge in [0.15, 0.2) is 0 Å². The van der Waals surface area contributed by atoms with Crippen LogP contribution in [0.4, 0.5) is 11.5 Å². The van der Waals surface area contributed by atoms with Crippen molar-refractivity contribution in [1.29, 1.82) is 0 Å². The molecule has 0 N–H and O–H groups in total. The van der Waals surface area contributed by atoms with Crippen LogP contribution >= 0.6 is 0 Å². The molecule has 0 saturated heterocycles. The molecule has 3 heterocycles. The molecule has 0 aromatic carbocycles. The summed E-state index contributed by atoms with van der Waals surface area (Å²) in [7, 11) is 0. The van der Waals surface area contributed by atoms with Gasteiger partial charge in [-0.15, -0.1) is 0 Å². The summed E-state index contributed by atoms with van der Waals surface area (Å²) < 4.78 is 0. The predicted molar refractivity (Wildman–Crippen MR) is 77.9 cm³/mol. The summed E-state index contributed by atoms with van der Waals surface area (Å²) in [6.45, 7) is 5.46. The molecule has 2 aromatic rings. The number of hydrogen-bond donors (Lipinski definition) is 0. The molecular weight excluding hydrogens is 234 g/mol. The van der Waals surface area contributed by atoms with Gasteiger partial charge in [0.1, 0.15) is 5.82 Å². The second kappa shape index (κ2) is 5.00. The lowest BCUT2D eigenvalue weighted by molar-refractivity contribution is 0.730. The number of anilines is 2. The maximum absolute atomic E-state index is 4.62. The third kappa shape index (κ3) is 2.21. The van der Waals surface area contributed by atoms with Crippen LogP contribution in [0, 0.1) is 0 Å². The molecule has 1 aliphatic rings. The van der Waals surface area contributed by atoms with Crippen molar-refractivity contribution >= 4 is 11.5 Å². The molecule has 0 amide bonds. The number of aromatic nitrogens is 2. The van der Waals surface area contributed by atoms with Gasteiger partial charge in [0.05, 0.1) is 11.4 Å². The summed E-state index contributed by atoms with van der Waals surface area (Å²) >= 11 is 0. The SMILES string of the molecule is CC(C)c1cccnc1N1CCCc2ncccc21. The molecule has 3 heteroatoms. The summed E-state index contributed by atoms with van der Waals surface area (Å²) in [6, 6.07) is 8.36. The van der Waals surface area contributed by atoms with Gasteiger partial charge in [-0.05, 0) is 42.5 Å². The van der Waals surface area contributed by atoms with E-state index in [0.717, 1.165) is 25.2 Å². The van der Waals surface area contributed by atoms with Crippen LogP contribution in [0.1, 0.15) is 37.4 Å². The lowest BCUT2D eigenvalue weighted by atomic mass is 10.0. The Morgan fingerprint density at radius 3 is 2.74 bits per heavy atom. The molecule has 0 atom stereocenters. The fourth-order valence-electron chi connectivity index (χ4n) is 2.70. The molecule has 1 aliphatic heterocycles. The first-order valence-electron chi connectivity index (χ1n) is 6.93. The minimum Gasteiger partial charge on any atom is -0.325 e. The number of nitrogens with zero attached hydrogens (tertiary/aromatic N) is 3. The number of rotatable bonds is 2. The zero-order valence-electron chi connectivity index (χ0n) is 11.5. The quantitative estimate of drug-likeness (QED) is 0.817. The van der Waals surface area contributed by atoms with E-state index in [1.165, 1.54) is 16.9 Å². The van der Waals surface area contributed by atoms with Crippen molar-refractivity contribution in [1.82, 2.24) is 9.97 Å². The molecular formula is C16H19N3. The summed E-state index contributed by atoms with van der Waals surface area (Å²) in [4.78, 5) is 11.4. The van der Waals surface area contributed by atoms with E-state index >= 15 is 0 Å². The summed E-state index contributed by atoms with van der Waals surface area (Å²) in [5, 5.41) is 0. The van der Waals surface area contributed by atoms with Crippen LogP contribution in [0.5, 0.6) is 0 Å². The van der Waals surface area contributed by atoms with E-state index in [1.54, 1.807) is 0 Å². The van der Waals surface area contributed by atoms with Gasteiger partial charge in [-0.3, -0.25) is 4.98 Å². The average Bonchev–Trinajstić information content (AvgIpc) is 2.46. The van der Waals surface area contributed by atoms with Crippen molar-refractivity contribution in [3.05, 3.63) is 47.9 Å². The summed E-state index contributed by atoms with van der Waals surface area (Å²) in [5.41, 5.74) is 3.71. The minimum atomic E-state index is 0.478. The fourth-order valence-corrected chi connectivity index (χ4v) is 2.70. The van der Waals surface area contributed by atoms with Crippen LogP contribution < -0.4 is 4.90 Å². The van der Waals surface area contributed by atoms with Crippen molar-refractivity contribution in [2.24, 2.45) is 0 Å². The van der Waals surface area contributed by atoms with Gasteiger partial charge in [-0.25, -0.2) is 4.98 Å². The van der Waals surface area contributed by atoms with Crippen molar-refractivity contribution < 1.29 is 0 Å². The van der Waals surface area contributed by atoms with E-state index in [9.17, 15) is 0 Å². The Bertz CT molecular complexity index is 578. The Kier molecular flexibility index (Phi) is 3.20. The van der Waals surface area contributed by atoms with Gasteiger partial charge in [0, 0.05) is 18.9 Å². The molecule has 0 aliphatic carbocycles. The summed E-state index contributed by atoms with van der Waals surface area (Å²) in [6.07, 6.45) is 5.96. The molecule has 3 rings (SSSR count). The van der Waals surface area contributed by atoms with Gasteiger partial charge >= 0.3 is 0 Å². The fraction of sp³-hybridized carbons (Fsp3) is 0.375. The minimum absolute atomic E-state index is 0.478. The Labute approximate surface area is 114 Å². The Balaban J connectivity index is 2.09. The second-order valence-corrected chi connectivity index (χ2v) is 5.30. The third-order valence-corrected chi connectivity index (χ3v) is 3.65. The van der Waals surface area contributed by atoms with E-state index in [1.807, 2.05) is 24.5 Å². The number of hydrogen-bond acceptors (Lipinski definition) is 3. The van der Waals surface area contributed by atoms with E-state index in [-0.39, 0.29) is 0 Å². The number of pyridine rings is 2. The van der Waals surface area contributed by atoms with E-state index in [2.05, 4.69) is 40.8 Å². The normalized spacial score (nSPS) is 14.6. The highest BCUT2D eigenvalue weighted by molar-refractivity contribution is 5.66. The standard InChI is InChI=1S/C16H19N3/c1-12(2)13-6-3-10-18-16(13)19-11-5-7-14-15(19)8-4-9-17-14/h3-4,6,8-10,12H,5,7,11H2,1-2H3. The smallest absolute Gasteiger partial charge is 0.136 e. The van der Waals surface area contributed by atoms with Gasteiger partial charge in [0.25, 0.3) is 0 Å². The topological polar surface area (TPSA) is 29.0 Å². The molecule has 2 aromatic heterocycles. The van der Waals surface area contributed by atoms with Crippen molar-refractivity contribution in [3.8, 4) is 0 Å². The van der Waals surface area contributed by atoms with Gasteiger partial charge in [0.2, 0.25) is 0 Å². The van der Waals surface area contributed by atoms with E-state index < -0.39 is 0 Å². The first-order valence-corrected chi connectivity index (χ1v) is 6.93. The highest BCUT2D eigenvalue weighted by Crippen LogP contribution is 2.34. The zero-order chi connectivity index (χ0) is 13.2. The highest BCUT2D eigenvalue weighted by atomic mass is 15.2. The Morgan fingerprint density at radius 1 is 1.11 bits per heavy atom. The van der Waals surface area contributed by atoms with E-state index in [0.29, 0.717) is 5.92 Å².